The van der Waals surface area contributed by atoms with E-state index in [-0.39, 0.29) is 10.3 Å². The van der Waals surface area contributed by atoms with Gasteiger partial charge in [0.05, 0.1) is 23.9 Å². The van der Waals surface area contributed by atoms with Gasteiger partial charge in [-0.3, -0.25) is 0 Å². The van der Waals surface area contributed by atoms with Crippen LogP contribution in [0.2, 0.25) is 0 Å². The van der Waals surface area contributed by atoms with Crippen molar-refractivity contribution in [3.63, 3.8) is 0 Å². The summed E-state index contributed by atoms with van der Waals surface area (Å²) in [5.41, 5.74) is 1.13. The van der Waals surface area contributed by atoms with Gasteiger partial charge in [0.25, 0.3) is 0 Å². The van der Waals surface area contributed by atoms with Gasteiger partial charge in [0.2, 0.25) is 10.0 Å². The molecule has 3 rings (SSSR count). The lowest BCUT2D eigenvalue weighted by atomic mass is 9.98. The third-order valence-electron chi connectivity index (χ3n) is 4.22. The van der Waals surface area contributed by atoms with E-state index in [0.29, 0.717) is 38.7 Å². The molecule has 9 heteroatoms. The second-order valence-electron chi connectivity index (χ2n) is 7.47. The van der Waals surface area contributed by atoms with Crippen LogP contribution in [0.25, 0.3) is 0 Å². The van der Waals surface area contributed by atoms with Crippen molar-refractivity contribution in [1.82, 2.24) is 14.3 Å². The number of hydrogen-bond donors (Lipinski definition) is 1. The maximum Gasteiger partial charge on any atom is 0.244 e. The number of rotatable bonds is 6. The molecule has 1 N–H and O–H groups in total. The fourth-order valence-electron chi connectivity index (χ4n) is 2.66. The van der Waals surface area contributed by atoms with E-state index in [0.717, 1.165) is 17.1 Å². The first-order valence-electron chi connectivity index (χ1n) is 8.99. The Morgan fingerprint density at radius 2 is 2.00 bits per heavy atom. The Hall–Kier alpha value is -1.55. The number of morpholine rings is 1. The number of nitrogens with zero attached hydrogens (tertiary/aromatic N) is 3. The minimum absolute atomic E-state index is 0.0692. The molecule has 0 radical (unpaired) electrons. The molecule has 1 aliphatic heterocycles. The van der Waals surface area contributed by atoms with Crippen LogP contribution < -0.4 is 5.32 Å². The molecule has 0 bridgehead atoms. The van der Waals surface area contributed by atoms with Crippen molar-refractivity contribution in [2.75, 3.05) is 38.2 Å². The minimum atomic E-state index is -3.50. The molecule has 2 aromatic heterocycles. The molecule has 0 amide bonds. The molecule has 0 atom stereocenters. The average molecular weight is 411 g/mol. The predicted octanol–water partition coefficient (Wildman–Crippen LogP) is 2.51. The normalized spacial score (nSPS) is 16.4. The summed E-state index contributed by atoms with van der Waals surface area (Å²) in [5, 5.41) is 6.45. The summed E-state index contributed by atoms with van der Waals surface area (Å²) in [6.45, 7) is 8.79. The van der Waals surface area contributed by atoms with Crippen molar-refractivity contribution >= 4 is 27.2 Å². The summed E-state index contributed by atoms with van der Waals surface area (Å²) < 4.78 is 31.8. The Bertz CT molecular complexity index is 851. The predicted molar refractivity (Wildman–Crippen MR) is 107 cm³/mol. The first-order chi connectivity index (χ1) is 12.8. The lowest BCUT2D eigenvalue weighted by Gasteiger charge is -2.25. The molecular weight excluding hydrogens is 384 g/mol. The summed E-state index contributed by atoms with van der Waals surface area (Å²) in [7, 11) is -3.50. The second kappa shape index (κ2) is 8.22. The highest BCUT2D eigenvalue weighted by Gasteiger charge is 2.26. The van der Waals surface area contributed by atoms with E-state index in [1.807, 2.05) is 0 Å². The molecule has 1 aliphatic rings. The van der Waals surface area contributed by atoms with Gasteiger partial charge in [0.15, 0.2) is 0 Å². The molecule has 1 fully saturated rings. The lowest BCUT2D eigenvalue weighted by Crippen LogP contribution is -2.40. The molecule has 0 aromatic carbocycles. The van der Waals surface area contributed by atoms with Crippen LogP contribution in [0.1, 0.15) is 31.5 Å². The van der Waals surface area contributed by atoms with E-state index >= 15 is 0 Å². The fraction of sp³-hybridized carbons (Fsp3) is 0.556. The van der Waals surface area contributed by atoms with E-state index in [9.17, 15) is 8.42 Å². The Kier molecular flexibility index (Phi) is 6.15. The number of thiazole rings is 1. The number of sulfonamides is 1. The third-order valence-corrected chi connectivity index (χ3v) is 7.42. The lowest BCUT2D eigenvalue weighted by molar-refractivity contribution is 0.0730. The van der Waals surface area contributed by atoms with Crippen molar-refractivity contribution < 1.29 is 13.2 Å². The number of ether oxygens (including phenoxy) is 1. The molecule has 0 saturated carbocycles. The van der Waals surface area contributed by atoms with Crippen LogP contribution in [-0.2, 0) is 26.6 Å². The van der Waals surface area contributed by atoms with Crippen LogP contribution in [-0.4, -0.2) is 55.5 Å². The number of hydrogen-bond acceptors (Lipinski definition) is 7. The quantitative estimate of drug-likeness (QED) is 0.788. The smallest absolute Gasteiger partial charge is 0.244 e. The maximum absolute atomic E-state index is 12.6. The fourth-order valence-corrected chi connectivity index (χ4v) is 4.95. The van der Waals surface area contributed by atoms with E-state index in [1.54, 1.807) is 23.5 Å². The van der Waals surface area contributed by atoms with Crippen molar-refractivity contribution in [3.8, 4) is 0 Å². The van der Waals surface area contributed by atoms with Crippen molar-refractivity contribution in [1.29, 1.82) is 0 Å². The van der Waals surface area contributed by atoms with Crippen LogP contribution in [0.4, 0.5) is 5.82 Å². The molecule has 27 heavy (non-hydrogen) atoms. The standard InChI is InChI=1S/C18H26N4O3S2/c1-18(2,3)17-21-14(13-26-17)6-7-19-16-5-4-15(12-20-16)27(23,24)22-8-10-25-11-9-22/h4-5,12-13H,6-11H2,1-3H3,(H,19,20). The molecule has 0 aliphatic carbocycles. The van der Waals surface area contributed by atoms with Gasteiger partial charge in [-0.15, -0.1) is 11.3 Å². The van der Waals surface area contributed by atoms with Crippen LogP contribution >= 0.6 is 11.3 Å². The number of aromatic nitrogens is 2. The van der Waals surface area contributed by atoms with Gasteiger partial charge < -0.3 is 10.1 Å². The van der Waals surface area contributed by atoms with Crippen LogP contribution in [0.3, 0.4) is 0 Å². The zero-order chi connectivity index (χ0) is 19.5. The Labute approximate surface area is 164 Å². The molecule has 148 valence electrons. The van der Waals surface area contributed by atoms with Crippen molar-refractivity contribution in [3.05, 3.63) is 34.4 Å². The van der Waals surface area contributed by atoms with Gasteiger partial charge in [-0.2, -0.15) is 4.31 Å². The SMILES string of the molecule is CC(C)(C)c1nc(CCNc2ccc(S(=O)(=O)N3CCOCC3)cn2)cs1. The van der Waals surface area contributed by atoms with Crippen molar-refractivity contribution in [2.24, 2.45) is 0 Å². The van der Waals surface area contributed by atoms with Gasteiger partial charge >= 0.3 is 0 Å². The number of nitrogens with one attached hydrogen (secondary N) is 1. The molecule has 0 spiro atoms. The van der Waals surface area contributed by atoms with Gasteiger partial charge in [0.1, 0.15) is 10.7 Å². The Morgan fingerprint density at radius 3 is 2.59 bits per heavy atom. The average Bonchev–Trinajstić information content (AvgIpc) is 3.12. The van der Waals surface area contributed by atoms with Gasteiger partial charge in [-0.25, -0.2) is 18.4 Å². The third kappa shape index (κ3) is 5.04. The molecule has 7 nitrogen and oxygen atoms in total. The minimum Gasteiger partial charge on any atom is -0.379 e. The monoisotopic (exact) mass is 410 g/mol. The van der Waals surface area contributed by atoms with E-state index < -0.39 is 10.0 Å². The van der Waals surface area contributed by atoms with Crippen molar-refractivity contribution in [2.45, 2.75) is 37.5 Å². The van der Waals surface area contributed by atoms with Crippen LogP contribution in [0.5, 0.6) is 0 Å². The summed E-state index contributed by atoms with van der Waals surface area (Å²) in [5.74, 6) is 0.655. The van der Waals surface area contributed by atoms with E-state index in [2.05, 4.69) is 41.4 Å². The Morgan fingerprint density at radius 1 is 1.26 bits per heavy atom. The van der Waals surface area contributed by atoms with E-state index in [4.69, 9.17) is 4.74 Å². The molecule has 0 unspecified atom stereocenters. The highest BCUT2D eigenvalue weighted by atomic mass is 32.2. The van der Waals surface area contributed by atoms with Crippen LogP contribution in [0.15, 0.2) is 28.6 Å². The highest BCUT2D eigenvalue weighted by Crippen LogP contribution is 2.25. The van der Waals surface area contributed by atoms with Gasteiger partial charge in [-0.05, 0) is 12.1 Å². The zero-order valence-electron chi connectivity index (χ0n) is 15.9. The molecular formula is C18H26N4O3S2. The first-order valence-corrected chi connectivity index (χ1v) is 11.3. The van der Waals surface area contributed by atoms with Gasteiger partial charge in [0, 0.05) is 43.0 Å². The number of anilines is 1. The Balaban J connectivity index is 1.55. The highest BCUT2D eigenvalue weighted by molar-refractivity contribution is 7.89. The van der Waals surface area contributed by atoms with E-state index in [1.165, 1.54) is 10.5 Å². The molecule has 1 saturated heterocycles. The second-order valence-corrected chi connectivity index (χ2v) is 10.3. The molecule has 2 aromatic rings. The maximum atomic E-state index is 12.6. The summed E-state index contributed by atoms with van der Waals surface area (Å²) >= 11 is 1.69. The van der Waals surface area contributed by atoms with Gasteiger partial charge in [-0.1, -0.05) is 20.8 Å². The molecule has 3 heterocycles. The first kappa shape index (κ1) is 20.2. The summed E-state index contributed by atoms with van der Waals surface area (Å²) in [4.78, 5) is 9.14. The zero-order valence-corrected chi connectivity index (χ0v) is 17.6. The summed E-state index contributed by atoms with van der Waals surface area (Å²) in [6.07, 6.45) is 2.20. The summed E-state index contributed by atoms with van der Waals surface area (Å²) in [6, 6.07) is 3.30. The largest absolute Gasteiger partial charge is 0.379 e. The van der Waals surface area contributed by atoms with Crippen LogP contribution in [0, 0.1) is 0 Å². The topological polar surface area (TPSA) is 84.4 Å². The number of pyridine rings is 1.